The Morgan fingerprint density at radius 2 is 1.67 bits per heavy atom. The van der Waals surface area contributed by atoms with Gasteiger partial charge in [0.05, 0.1) is 5.52 Å². The molecule has 0 unspecified atom stereocenters. The molecule has 0 aliphatic carbocycles. The highest BCUT2D eigenvalue weighted by Crippen LogP contribution is 2.19. The van der Waals surface area contributed by atoms with Crippen LogP contribution in [0.2, 0.25) is 0 Å². The molecular weight excluding hydrogens is 300 g/mol. The Balaban J connectivity index is 2.04. The van der Waals surface area contributed by atoms with Gasteiger partial charge in [0, 0.05) is 10.9 Å². The van der Waals surface area contributed by atoms with Crippen LogP contribution in [0.4, 0.5) is 4.79 Å². The van der Waals surface area contributed by atoms with Crippen LogP contribution >= 0.6 is 0 Å². The quantitative estimate of drug-likeness (QED) is 0.583. The van der Waals surface area contributed by atoms with Crippen LogP contribution < -0.4 is 0 Å². The fraction of sp³-hybridized carbons (Fsp3) is 0.200. The van der Waals surface area contributed by atoms with Crippen molar-refractivity contribution >= 4 is 17.0 Å². The molecule has 4 nitrogen and oxygen atoms in total. The van der Waals surface area contributed by atoms with E-state index in [4.69, 9.17) is 4.74 Å². The number of hydrogen-bond acceptors (Lipinski definition) is 3. The Morgan fingerprint density at radius 1 is 1.00 bits per heavy atom. The zero-order valence-corrected chi connectivity index (χ0v) is 13.9. The smallest absolute Gasteiger partial charge is 0.435 e. The summed E-state index contributed by atoms with van der Waals surface area (Å²) >= 11 is 0. The third-order valence-electron chi connectivity index (χ3n) is 3.25. The topological polar surface area (TPSA) is 44.1 Å². The molecule has 4 heteroatoms. The van der Waals surface area contributed by atoms with Gasteiger partial charge in [-0.25, -0.2) is 4.79 Å². The number of fused-ring (bicyclic) bond motifs is 1. The molecule has 24 heavy (non-hydrogen) atoms. The standard InChI is InChI=1S/C20H18N2O2/c1-20(2,3)24-19(23)22-18-12-8-7-11-16(18)17(21-22)14-13-15-9-5-4-6-10-15/h4-12H,1-3H3. The fourth-order valence-corrected chi connectivity index (χ4v) is 2.26. The number of hydrogen-bond donors (Lipinski definition) is 0. The molecule has 120 valence electrons. The molecule has 0 aliphatic heterocycles. The molecule has 0 N–H and O–H groups in total. The molecule has 0 fully saturated rings. The molecule has 0 bridgehead atoms. The molecule has 0 spiro atoms. The lowest BCUT2D eigenvalue weighted by molar-refractivity contribution is 0.0522. The van der Waals surface area contributed by atoms with Gasteiger partial charge in [-0.1, -0.05) is 36.3 Å². The molecule has 2 aromatic carbocycles. The number of rotatable bonds is 0. The van der Waals surface area contributed by atoms with Gasteiger partial charge in [0.1, 0.15) is 11.3 Å². The number of ether oxygens (including phenoxy) is 1. The van der Waals surface area contributed by atoms with Gasteiger partial charge in [-0.3, -0.25) is 0 Å². The maximum Gasteiger partial charge on any atom is 0.435 e. The lowest BCUT2D eigenvalue weighted by atomic mass is 10.2. The molecule has 1 aromatic heterocycles. The van der Waals surface area contributed by atoms with Crippen LogP contribution in [-0.4, -0.2) is 21.5 Å². The predicted octanol–water partition coefficient (Wildman–Crippen LogP) is 4.22. The van der Waals surface area contributed by atoms with Gasteiger partial charge in [0.25, 0.3) is 0 Å². The second-order valence-electron chi connectivity index (χ2n) is 6.37. The first kappa shape index (κ1) is 15.8. The van der Waals surface area contributed by atoms with E-state index in [2.05, 4.69) is 16.9 Å². The predicted molar refractivity (Wildman–Crippen MR) is 93.8 cm³/mol. The number of nitrogens with zero attached hydrogens (tertiary/aromatic N) is 2. The van der Waals surface area contributed by atoms with Crippen LogP contribution in [0.25, 0.3) is 10.9 Å². The molecule has 0 saturated heterocycles. The first-order chi connectivity index (χ1) is 11.4. The average molecular weight is 318 g/mol. The van der Waals surface area contributed by atoms with Gasteiger partial charge in [0.2, 0.25) is 0 Å². The van der Waals surface area contributed by atoms with Crippen molar-refractivity contribution in [3.63, 3.8) is 0 Å². The van der Waals surface area contributed by atoms with Gasteiger partial charge in [-0.15, -0.1) is 0 Å². The van der Waals surface area contributed by atoms with Crippen molar-refractivity contribution in [2.75, 3.05) is 0 Å². The Kier molecular flexibility index (Phi) is 4.09. The van der Waals surface area contributed by atoms with Gasteiger partial charge in [-0.2, -0.15) is 9.78 Å². The Labute approximate surface area is 141 Å². The summed E-state index contributed by atoms with van der Waals surface area (Å²) in [7, 11) is 0. The Bertz CT molecular complexity index is 938. The monoisotopic (exact) mass is 318 g/mol. The number of carbonyl (C=O) groups is 1. The van der Waals surface area contributed by atoms with Crippen LogP contribution in [0, 0.1) is 11.8 Å². The van der Waals surface area contributed by atoms with Crippen LogP contribution in [0.3, 0.4) is 0 Å². The van der Waals surface area contributed by atoms with E-state index < -0.39 is 11.7 Å². The van der Waals surface area contributed by atoms with E-state index in [0.717, 1.165) is 10.9 Å². The first-order valence-corrected chi connectivity index (χ1v) is 7.72. The van der Waals surface area contributed by atoms with Crippen LogP contribution in [0.1, 0.15) is 32.0 Å². The van der Waals surface area contributed by atoms with Gasteiger partial charge < -0.3 is 4.74 Å². The van der Waals surface area contributed by atoms with E-state index in [1.807, 2.05) is 75.4 Å². The van der Waals surface area contributed by atoms with E-state index in [1.165, 1.54) is 4.68 Å². The maximum atomic E-state index is 12.4. The minimum Gasteiger partial charge on any atom is -0.442 e. The van der Waals surface area contributed by atoms with Crippen LogP contribution in [0.5, 0.6) is 0 Å². The van der Waals surface area contributed by atoms with Crippen molar-refractivity contribution in [2.24, 2.45) is 0 Å². The van der Waals surface area contributed by atoms with E-state index >= 15 is 0 Å². The van der Waals surface area contributed by atoms with E-state index in [0.29, 0.717) is 11.2 Å². The average Bonchev–Trinajstić information content (AvgIpc) is 2.91. The molecule has 0 saturated carbocycles. The van der Waals surface area contributed by atoms with E-state index in [-0.39, 0.29) is 0 Å². The summed E-state index contributed by atoms with van der Waals surface area (Å²) in [4.78, 5) is 12.4. The van der Waals surface area contributed by atoms with Crippen molar-refractivity contribution in [2.45, 2.75) is 26.4 Å². The molecule has 3 rings (SSSR count). The SMILES string of the molecule is CC(C)(C)OC(=O)n1nc(C#Cc2ccccc2)c2ccccc21. The third kappa shape index (κ3) is 3.47. The summed E-state index contributed by atoms with van der Waals surface area (Å²) in [6.07, 6.45) is -0.508. The minimum absolute atomic E-state index is 0.508. The number of benzene rings is 2. The Morgan fingerprint density at radius 3 is 2.38 bits per heavy atom. The second kappa shape index (κ2) is 6.21. The molecule has 0 radical (unpaired) electrons. The molecule has 1 heterocycles. The molecular formula is C20H18N2O2. The minimum atomic E-state index is -0.583. The number of carbonyl (C=O) groups excluding carboxylic acids is 1. The van der Waals surface area contributed by atoms with Gasteiger partial charge in [0.15, 0.2) is 0 Å². The lowest BCUT2D eigenvalue weighted by Crippen LogP contribution is -2.27. The summed E-state index contributed by atoms with van der Waals surface area (Å²) in [6, 6.07) is 17.2. The van der Waals surface area contributed by atoms with Crippen molar-refractivity contribution in [3.8, 4) is 11.8 Å². The Hall–Kier alpha value is -3.06. The summed E-state index contributed by atoms with van der Waals surface area (Å²) in [6.45, 7) is 5.48. The molecule has 0 atom stereocenters. The van der Waals surface area contributed by atoms with Crippen molar-refractivity contribution < 1.29 is 9.53 Å². The van der Waals surface area contributed by atoms with Crippen molar-refractivity contribution in [1.29, 1.82) is 0 Å². The molecule has 3 aromatic rings. The zero-order valence-electron chi connectivity index (χ0n) is 13.9. The highest BCUT2D eigenvalue weighted by atomic mass is 16.6. The summed E-state index contributed by atoms with van der Waals surface area (Å²) < 4.78 is 6.69. The highest BCUT2D eigenvalue weighted by Gasteiger charge is 2.21. The lowest BCUT2D eigenvalue weighted by Gasteiger charge is -2.19. The zero-order chi connectivity index (χ0) is 17.2. The van der Waals surface area contributed by atoms with Crippen molar-refractivity contribution in [1.82, 2.24) is 9.78 Å². The van der Waals surface area contributed by atoms with Crippen LogP contribution in [0.15, 0.2) is 54.6 Å². The van der Waals surface area contributed by atoms with E-state index in [1.54, 1.807) is 0 Å². The number of aromatic nitrogens is 2. The van der Waals surface area contributed by atoms with E-state index in [9.17, 15) is 4.79 Å². The first-order valence-electron chi connectivity index (χ1n) is 7.72. The summed E-state index contributed by atoms with van der Waals surface area (Å²) in [5.74, 6) is 6.13. The summed E-state index contributed by atoms with van der Waals surface area (Å²) in [5, 5.41) is 5.18. The normalized spacial score (nSPS) is 11.0. The largest absolute Gasteiger partial charge is 0.442 e. The number of para-hydroxylation sites is 1. The van der Waals surface area contributed by atoms with Crippen molar-refractivity contribution in [3.05, 3.63) is 65.9 Å². The second-order valence-corrected chi connectivity index (χ2v) is 6.37. The fourth-order valence-electron chi connectivity index (χ4n) is 2.26. The maximum absolute atomic E-state index is 12.4. The van der Waals surface area contributed by atoms with Gasteiger partial charge in [-0.05, 0) is 51.0 Å². The molecule has 0 amide bonds. The summed E-state index contributed by atoms with van der Waals surface area (Å²) in [5.41, 5.74) is 1.55. The molecule has 0 aliphatic rings. The third-order valence-corrected chi connectivity index (χ3v) is 3.25. The van der Waals surface area contributed by atoms with Crippen LogP contribution in [-0.2, 0) is 4.74 Å². The highest BCUT2D eigenvalue weighted by molar-refractivity contribution is 5.91. The van der Waals surface area contributed by atoms with Gasteiger partial charge >= 0.3 is 6.09 Å².